The fraction of sp³-hybridized carbons (Fsp3) is 0.423. The third kappa shape index (κ3) is 4.03. The van der Waals surface area contributed by atoms with Crippen LogP contribution in [0.5, 0.6) is 0 Å². The summed E-state index contributed by atoms with van der Waals surface area (Å²) in [6.07, 6.45) is 1.53. The number of hydrogen-bond donors (Lipinski definition) is 3. The van der Waals surface area contributed by atoms with E-state index in [2.05, 4.69) is 22.8 Å². The molecule has 0 radical (unpaired) electrons. The van der Waals surface area contributed by atoms with E-state index in [-0.39, 0.29) is 25.6 Å². The molecule has 1 unspecified atom stereocenters. The van der Waals surface area contributed by atoms with Crippen molar-refractivity contribution in [2.24, 2.45) is 0 Å². The molecule has 1 atom stereocenters. The van der Waals surface area contributed by atoms with E-state index in [1.165, 1.54) is 0 Å². The minimum absolute atomic E-state index is 0.0200. The normalized spacial score (nSPS) is 22.2. The largest absolute Gasteiger partial charge is 0.481 e. The number of hydrogen-bond acceptors (Lipinski definition) is 5. The van der Waals surface area contributed by atoms with E-state index >= 15 is 0 Å². The Labute approximate surface area is 197 Å². The Balaban J connectivity index is 1.27. The number of carbonyl (C=O) groups excluding carboxylic acids is 2. The summed E-state index contributed by atoms with van der Waals surface area (Å²) >= 11 is 0. The van der Waals surface area contributed by atoms with Gasteiger partial charge in [0.1, 0.15) is 12.1 Å². The van der Waals surface area contributed by atoms with Crippen molar-refractivity contribution in [3.63, 3.8) is 0 Å². The van der Waals surface area contributed by atoms with Crippen LogP contribution >= 0.6 is 0 Å². The Hall–Kier alpha value is -3.39. The van der Waals surface area contributed by atoms with Gasteiger partial charge in [0.15, 0.2) is 0 Å². The molecule has 34 heavy (non-hydrogen) atoms. The maximum atomic E-state index is 13.2. The summed E-state index contributed by atoms with van der Waals surface area (Å²) < 4.78 is 11.1. The highest BCUT2D eigenvalue weighted by atomic mass is 16.6. The number of rotatable bonds is 7. The van der Waals surface area contributed by atoms with Crippen molar-refractivity contribution in [1.29, 1.82) is 0 Å². The third-order valence-electron chi connectivity index (χ3n) is 7.32. The number of aliphatic carboxylic acids is 1. The van der Waals surface area contributed by atoms with Gasteiger partial charge in [-0.1, -0.05) is 48.5 Å². The molecule has 2 fully saturated rings. The van der Waals surface area contributed by atoms with Gasteiger partial charge in [0.2, 0.25) is 5.91 Å². The van der Waals surface area contributed by atoms with Crippen LogP contribution in [0, 0.1) is 0 Å². The lowest BCUT2D eigenvalue weighted by atomic mass is 9.73. The van der Waals surface area contributed by atoms with Crippen molar-refractivity contribution >= 4 is 18.0 Å². The third-order valence-corrected chi connectivity index (χ3v) is 7.32. The lowest BCUT2D eigenvalue weighted by Crippen LogP contribution is -2.65. The Bertz CT molecular complexity index is 1070. The fourth-order valence-electron chi connectivity index (χ4n) is 5.33. The average molecular weight is 465 g/mol. The van der Waals surface area contributed by atoms with Crippen molar-refractivity contribution in [1.82, 2.24) is 10.6 Å². The number of carboxylic acid groups (broad SMARTS) is 1. The van der Waals surface area contributed by atoms with Crippen molar-refractivity contribution in [2.45, 2.75) is 49.1 Å². The van der Waals surface area contributed by atoms with Crippen LogP contribution in [0.3, 0.4) is 0 Å². The smallest absolute Gasteiger partial charge is 0.408 e. The highest BCUT2D eigenvalue weighted by molar-refractivity contribution is 5.91. The van der Waals surface area contributed by atoms with Gasteiger partial charge in [-0.15, -0.1) is 0 Å². The fourth-order valence-corrected chi connectivity index (χ4v) is 5.33. The summed E-state index contributed by atoms with van der Waals surface area (Å²) in [6.45, 7) is 0.483. The number of carbonyl (C=O) groups is 3. The second-order valence-electron chi connectivity index (χ2n) is 9.49. The van der Waals surface area contributed by atoms with Crippen LogP contribution in [0.15, 0.2) is 48.5 Å². The number of carboxylic acids is 1. The predicted octanol–water partition coefficient (Wildman–Crippen LogP) is 3.20. The van der Waals surface area contributed by atoms with Crippen molar-refractivity contribution in [3.8, 4) is 11.1 Å². The van der Waals surface area contributed by atoms with Gasteiger partial charge in [-0.3, -0.25) is 9.59 Å². The molecule has 1 saturated carbocycles. The monoisotopic (exact) mass is 464 g/mol. The number of amides is 2. The Morgan fingerprint density at radius 2 is 1.62 bits per heavy atom. The second-order valence-corrected chi connectivity index (χ2v) is 9.49. The number of ether oxygens (including phenoxy) is 2. The van der Waals surface area contributed by atoms with Gasteiger partial charge in [0.25, 0.3) is 0 Å². The molecule has 2 aliphatic carbocycles. The molecule has 0 spiro atoms. The van der Waals surface area contributed by atoms with E-state index in [9.17, 15) is 19.5 Å². The first-order valence-electron chi connectivity index (χ1n) is 11.7. The minimum atomic E-state index is -1.27. The zero-order valence-corrected chi connectivity index (χ0v) is 18.8. The molecule has 2 aromatic carbocycles. The second kappa shape index (κ2) is 8.76. The summed E-state index contributed by atoms with van der Waals surface area (Å²) in [5.74, 6) is -1.46. The summed E-state index contributed by atoms with van der Waals surface area (Å²) in [6, 6.07) is 16.2. The number of benzene rings is 2. The molecule has 2 aromatic rings. The number of fused-ring (bicyclic) bond motifs is 3. The van der Waals surface area contributed by atoms with E-state index in [4.69, 9.17) is 9.47 Å². The molecule has 1 saturated heterocycles. The molecule has 0 aromatic heterocycles. The summed E-state index contributed by atoms with van der Waals surface area (Å²) in [4.78, 5) is 37.4. The number of nitrogens with one attached hydrogen (secondary N) is 2. The van der Waals surface area contributed by atoms with Gasteiger partial charge in [0.05, 0.1) is 18.6 Å². The van der Waals surface area contributed by atoms with E-state index in [1.54, 1.807) is 0 Å². The quantitative estimate of drug-likeness (QED) is 0.580. The molecular formula is C26H28N2O6. The molecule has 178 valence electrons. The summed E-state index contributed by atoms with van der Waals surface area (Å²) in [7, 11) is 0. The minimum Gasteiger partial charge on any atom is -0.481 e. The molecule has 5 rings (SSSR count). The molecular weight excluding hydrogens is 436 g/mol. The van der Waals surface area contributed by atoms with Crippen LogP contribution in [0.2, 0.25) is 0 Å². The Kier molecular flexibility index (Phi) is 5.77. The van der Waals surface area contributed by atoms with E-state index in [0.29, 0.717) is 25.9 Å². The van der Waals surface area contributed by atoms with E-state index in [1.807, 2.05) is 36.4 Å². The SMILES string of the molecule is O=C(O)CC1(NC(=O)C2(NC(=O)OCC3c4ccccc4-c4ccccc43)CCOC2)CCC1. The number of alkyl carbamates (subject to hydrolysis) is 1. The molecule has 8 nitrogen and oxygen atoms in total. The molecule has 3 N–H and O–H groups in total. The van der Waals surface area contributed by atoms with Crippen LogP contribution < -0.4 is 10.6 Å². The van der Waals surface area contributed by atoms with Crippen molar-refractivity contribution < 1.29 is 29.0 Å². The van der Waals surface area contributed by atoms with E-state index in [0.717, 1.165) is 28.7 Å². The topological polar surface area (TPSA) is 114 Å². The highest BCUT2D eigenvalue weighted by Gasteiger charge is 2.49. The first kappa shape index (κ1) is 22.4. The van der Waals surface area contributed by atoms with E-state index < -0.39 is 29.0 Å². The standard InChI is InChI=1S/C26H28N2O6/c29-22(30)14-25(10-5-11-25)27-23(31)26(12-13-33-16-26)28-24(32)34-15-21-19-8-3-1-6-17(19)18-7-2-4-9-20(18)21/h1-4,6-9,21H,5,10-16H2,(H,27,31)(H,28,32)(H,29,30). The Morgan fingerprint density at radius 1 is 0.971 bits per heavy atom. The van der Waals surface area contributed by atoms with Crippen LogP contribution in [0.25, 0.3) is 11.1 Å². The van der Waals surface area contributed by atoms with Gasteiger partial charge in [-0.25, -0.2) is 4.79 Å². The van der Waals surface area contributed by atoms with Gasteiger partial charge < -0.3 is 25.2 Å². The summed E-state index contributed by atoms with van der Waals surface area (Å²) in [5, 5.41) is 14.9. The van der Waals surface area contributed by atoms with Crippen molar-refractivity contribution in [3.05, 3.63) is 59.7 Å². The van der Waals surface area contributed by atoms with Crippen molar-refractivity contribution in [2.75, 3.05) is 19.8 Å². The van der Waals surface area contributed by atoms with Gasteiger partial charge in [0, 0.05) is 18.9 Å². The molecule has 0 bridgehead atoms. The molecule has 2 amide bonds. The zero-order chi connectivity index (χ0) is 23.8. The predicted molar refractivity (Wildman–Crippen MR) is 123 cm³/mol. The molecule has 1 heterocycles. The first-order valence-corrected chi connectivity index (χ1v) is 11.7. The van der Waals surface area contributed by atoms with Gasteiger partial charge >= 0.3 is 12.1 Å². The maximum absolute atomic E-state index is 13.2. The van der Waals surface area contributed by atoms with Gasteiger partial charge in [-0.05, 0) is 41.5 Å². The molecule has 1 aliphatic heterocycles. The van der Waals surface area contributed by atoms with Crippen LogP contribution in [-0.4, -0.2) is 54.0 Å². The highest BCUT2D eigenvalue weighted by Crippen LogP contribution is 2.44. The average Bonchev–Trinajstić information content (AvgIpc) is 3.39. The summed E-state index contributed by atoms with van der Waals surface area (Å²) in [5.41, 5.74) is 2.45. The molecule has 3 aliphatic rings. The Morgan fingerprint density at radius 3 is 2.15 bits per heavy atom. The van der Waals surface area contributed by atoms with Crippen LogP contribution in [-0.2, 0) is 19.1 Å². The molecule has 8 heteroatoms. The van der Waals surface area contributed by atoms with Crippen LogP contribution in [0.4, 0.5) is 4.79 Å². The van der Waals surface area contributed by atoms with Gasteiger partial charge in [-0.2, -0.15) is 0 Å². The maximum Gasteiger partial charge on any atom is 0.408 e. The van der Waals surface area contributed by atoms with Crippen LogP contribution in [0.1, 0.15) is 49.1 Å². The lowest BCUT2D eigenvalue weighted by Gasteiger charge is -2.43. The first-order chi connectivity index (χ1) is 16.4. The lowest BCUT2D eigenvalue weighted by molar-refractivity contribution is -0.141. The zero-order valence-electron chi connectivity index (χ0n) is 18.8.